The number of aromatic nitrogens is 3. The van der Waals surface area contributed by atoms with Gasteiger partial charge in [-0.1, -0.05) is 26.7 Å². The maximum atomic E-state index is 4.29. The van der Waals surface area contributed by atoms with Crippen molar-refractivity contribution < 1.29 is 0 Å². The van der Waals surface area contributed by atoms with Gasteiger partial charge in [0.2, 0.25) is 0 Å². The van der Waals surface area contributed by atoms with Crippen molar-refractivity contribution in [3.8, 4) is 0 Å². The summed E-state index contributed by atoms with van der Waals surface area (Å²) >= 11 is 0. The zero-order valence-electron chi connectivity index (χ0n) is 12.8. The molecule has 0 aliphatic heterocycles. The van der Waals surface area contributed by atoms with E-state index in [4.69, 9.17) is 0 Å². The third-order valence-electron chi connectivity index (χ3n) is 4.53. The Hall–Kier alpha value is -0.900. The predicted molar refractivity (Wildman–Crippen MR) is 77.9 cm³/mol. The van der Waals surface area contributed by atoms with Gasteiger partial charge in [-0.3, -0.25) is 0 Å². The first kappa shape index (κ1) is 14.5. The van der Waals surface area contributed by atoms with Crippen LogP contribution >= 0.6 is 0 Å². The van der Waals surface area contributed by atoms with E-state index in [9.17, 15) is 0 Å². The second-order valence-corrected chi connectivity index (χ2v) is 6.09. The van der Waals surface area contributed by atoms with Crippen LogP contribution in [0.15, 0.2) is 0 Å². The van der Waals surface area contributed by atoms with Gasteiger partial charge in [-0.15, -0.1) is 10.2 Å². The molecule has 1 aliphatic rings. The zero-order chi connectivity index (χ0) is 13.8. The van der Waals surface area contributed by atoms with Crippen molar-refractivity contribution >= 4 is 0 Å². The van der Waals surface area contributed by atoms with Crippen molar-refractivity contribution in [3.05, 3.63) is 11.6 Å². The molecular formula is C15H28N4. The highest BCUT2D eigenvalue weighted by atomic mass is 15.3. The normalized spacial score (nSPS) is 24.1. The molecule has 2 rings (SSSR count). The third kappa shape index (κ3) is 3.35. The molecule has 1 N–H and O–H groups in total. The van der Waals surface area contributed by atoms with Crippen LogP contribution in [0.3, 0.4) is 0 Å². The molecule has 2 atom stereocenters. The number of hydrogen-bond acceptors (Lipinski definition) is 3. The van der Waals surface area contributed by atoms with E-state index in [1.165, 1.54) is 25.7 Å². The van der Waals surface area contributed by atoms with Crippen molar-refractivity contribution in [3.63, 3.8) is 0 Å². The van der Waals surface area contributed by atoms with Gasteiger partial charge < -0.3 is 9.88 Å². The van der Waals surface area contributed by atoms with Crippen molar-refractivity contribution in [2.24, 2.45) is 11.8 Å². The fourth-order valence-corrected chi connectivity index (χ4v) is 3.40. The fourth-order valence-electron chi connectivity index (χ4n) is 3.40. The molecule has 1 fully saturated rings. The zero-order valence-corrected chi connectivity index (χ0v) is 12.8. The van der Waals surface area contributed by atoms with E-state index in [0.29, 0.717) is 6.04 Å². The van der Waals surface area contributed by atoms with Crippen molar-refractivity contribution in [1.82, 2.24) is 20.1 Å². The van der Waals surface area contributed by atoms with Crippen LogP contribution in [-0.2, 0) is 13.1 Å². The minimum Gasteiger partial charge on any atom is -0.314 e. The van der Waals surface area contributed by atoms with E-state index in [2.05, 4.69) is 40.9 Å². The van der Waals surface area contributed by atoms with Crippen molar-refractivity contribution in [2.75, 3.05) is 0 Å². The third-order valence-corrected chi connectivity index (χ3v) is 4.53. The molecule has 108 valence electrons. The Morgan fingerprint density at radius 2 is 2.00 bits per heavy atom. The van der Waals surface area contributed by atoms with Crippen LogP contribution < -0.4 is 5.32 Å². The highest BCUT2D eigenvalue weighted by Crippen LogP contribution is 2.30. The molecule has 0 spiro atoms. The summed E-state index contributed by atoms with van der Waals surface area (Å²) in [6.45, 7) is 10.7. The molecule has 1 aliphatic carbocycles. The molecular weight excluding hydrogens is 236 g/mol. The highest BCUT2D eigenvalue weighted by molar-refractivity contribution is 4.94. The molecule has 0 unspecified atom stereocenters. The van der Waals surface area contributed by atoms with Gasteiger partial charge in [0, 0.05) is 12.6 Å². The van der Waals surface area contributed by atoms with E-state index >= 15 is 0 Å². The van der Waals surface area contributed by atoms with Crippen LogP contribution in [0.5, 0.6) is 0 Å². The Balaban J connectivity index is 1.96. The average Bonchev–Trinajstić information content (AvgIpc) is 2.77. The summed E-state index contributed by atoms with van der Waals surface area (Å²) in [6.07, 6.45) is 5.43. The number of nitrogens with zero attached hydrogens (tertiary/aromatic N) is 3. The molecule has 0 radical (unpaired) electrons. The van der Waals surface area contributed by atoms with Crippen molar-refractivity contribution in [2.45, 2.75) is 72.5 Å². The quantitative estimate of drug-likeness (QED) is 0.889. The van der Waals surface area contributed by atoms with Crippen LogP contribution in [0.1, 0.15) is 58.1 Å². The fraction of sp³-hybridized carbons (Fsp3) is 0.867. The summed E-state index contributed by atoms with van der Waals surface area (Å²) in [6, 6.07) is 0.649. The largest absolute Gasteiger partial charge is 0.314 e. The second kappa shape index (κ2) is 6.51. The molecule has 4 heteroatoms. The minimum atomic E-state index is 0.649. The first-order chi connectivity index (χ1) is 9.13. The first-order valence-electron chi connectivity index (χ1n) is 7.75. The van der Waals surface area contributed by atoms with Crippen LogP contribution in [0.2, 0.25) is 0 Å². The molecule has 1 aromatic rings. The summed E-state index contributed by atoms with van der Waals surface area (Å²) in [5, 5.41) is 12.2. The lowest BCUT2D eigenvalue weighted by molar-refractivity contribution is 0.203. The Kier molecular flexibility index (Phi) is 4.97. The molecule has 0 saturated heterocycles. The Morgan fingerprint density at radius 1 is 1.26 bits per heavy atom. The van der Waals surface area contributed by atoms with Crippen LogP contribution in [0, 0.1) is 18.8 Å². The Morgan fingerprint density at radius 3 is 2.68 bits per heavy atom. The topological polar surface area (TPSA) is 42.7 Å². The minimum absolute atomic E-state index is 0.649. The summed E-state index contributed by atoms with van der Waals surface area (Å²) < 4.78 is 2.19. The van der Waals surface area contributed by atoms with E-state index in [0.717, 1.165) is 36.6 Å². The van der Waals surface area contributed by atoms with E-state index < -0.39 is 0 Å². The summed E-state index contributed by atoms with van der Waals surface area (Å²) in [5.74, 6) is 3.67. The van der Waals surface area contributed by atoms with Crippen LogP contribution in [0.25, 0.3) is 0 Å². The summed E-state index contributed by atoms with van der Waals surface area (Å²) in [7, 11) is 0. The van der Waals surface area contributed by atoms with Gasteiger partial charge >= 0.3 is 0 Å². The maximum Gasteiger partial charge on any atom is 0.146 e. The monoisotopic (exact) mass is 264 g/mol. The predicted octanol–water partition coefficient (Wildman–Crippen LogP) is 2.91. The highest BCUT2D eigenvalue weighted by Gasteiger charge is 2.27. The molecule has 1 heterocycles. The average molecular weight is 264 g/mol. The first-order valence-corrected chi connectivity index (χ1v) is 7.75. The molecule has 0 bridgehead atoms. The molecule has 0 amide bonds. The molecule has 1 saturated carbocycles. The van der Waals surface area contributed by atoms with Gasteiger partial charge in [0.15, 0.2) is 0 Å². The Labute approximate surface area is 117 Å². The lowest BCUT2D eigenvalue weighted by Crippen LogP contribution is -2.40. The van der Waals surface area contributed by atoms with E-state index in [1.54, 1.807) is 0 Å². The Bertz CT molecular complexity index is 397. The van der Waals surface area contributed by atoms with E-state index in [-0.39, 0.29) is 0 Å². The SMILES string of the molecule is CCn1c(C)nnc1CN[C@@H]1CCCC[C@@H]1C(C)C. The number of rotatable bonds is 5. The molecule has 4 nitrogen and oxygen atoms in total. The standard InChI is InChI=1S/C15H28N4/c1-5-19-12(4)17-18-15(19)10-16-14-9-7-6-8-13(14)11(2)3/h11,13-14,16H,5-10H2,1-4H3/t13-,14-/m1/s1. The van der Waals surface area contributed by atoms with Gasteiger partial charge in [-0.05, 0) is 38.5 Å². The van der Waals surface area contributed by atoms with Gasteiger partial charge in [-0.2, -0.15) is 0 Å². The summed E-state index contributed by atoms with van der Waals surface area (Å²) in [5.41, 5.74) is 0. The second-order valence-electron chi connectivity index (χ2n) is 6.09. The van der Waals surface area contributed by atoms with Gasteiger partial charge in [0.05, 0.1) is 6.54 Å². The smallest absolute Gasteiger partial charge is 0.146 e. The van der Waals surface area contributed by atoms with Gasteiger partial charge in [-0.25, -0.2) is 0 Å². The molecule has 19 heavy (non-hydrogen) atoms. The van der Waals surface area contributed by atoms with Gasteiger partial charge in [0.25, 0.3) is 0 Å². The lowest BCUT2D eigenvalue weighted by atomic mass is 9.78. The number of aryl methyl sites for hydroxylation is 1. The van der Waals surface area contributed by atoms with E-state index in [1.807, 2.05) is 6.92 Å². The number of hydrogen-bond donors (Lipinski definition) is 1. The molecule has 0 aromatic carbocycles. The van der Waals surface area contributed by atoms with Gasteiger partial charge in [0.1, 0.15) is 11.6 Å². The maximum absolute atomic E-state index is 4.29. The van der Waals surface area contributed by atoms with Crippen LogP contribution in [-0.4, -0.2) is 20.8 Å². The van der Waals surface area contributed by atoms with Crippen molar-refractivity contribution in [1.29, 1.82) is 0 Å². The summed E-state index contributed by atoms with van der Waals surface area (Å²) in [4.78, 5) is 0. The lowest BCUT2D eigenvalue weighted by Gasteiger charge is -2.35. The number of nitrogens with one attached hydrogen (secondary N) is 1. The van der Waals surface area contributed by atoms with Crippen LogP contribution in [0.4, 0.5) is 0 Å². The molecule has 1 aromatic heterocycles.